The Hall–Kier alpha value is -2.04. The molecule has 1 aliphatic heterocycles. The van der Waals surface area contributed by atoms with E-state index in [0.29, 0.717) is 35.2 Å². The van der Waals surface area contributed by atoms with Crippen molar-refractivity contribution in [2.24, 2.45) is 0 Å². The largest absolute Gasteiger partial charge is 0.398 e. The van der Waals surface area contributed by atoms with Crippen LogP contribution in [-0.2, 0) is 18.0 Å². The number of nitrogens with two attached hydrogens (primary N) is 1. The molecular formula is C16H15ClN2O2. The third-order valence-electron chi connectivity index (χ3n) is 3.58. The molecule has 0 fully saturated rings. The summed E-state index contributed by atoms with van der Waals surface area (Å²) in [6.45, 7) is 3.05. The minimum absolute atomic E-state index is 0.173. The summed E-state index contributed by atoms with van der Waals surface area (Å²) in [5.74, 6) is -0.173. The van der Waals surface area contributed by atoms with Crippen LogP contribution in [0, 0.1) is 6.92 Å². The van der Waals surface area contributed by atoms with Gasteiger partial charge in [0, 0.05) is 11.3 Å². The Kier molecular flexibility index (Phi) is 3.57. The molecule has 0 aromatic heterocycles. The Morgan fingerprint density at radius 3 is 2.81 bits per heavy atom. The number of hydrogen-bond donors (Lipinski definition) is 2. The number of fused-ring (bicyclic) bond motifs is 1. The first kappa shape index (κ1) is 13.9. The highest BCUT2D eigenvalue weighted by molar-refractivity contribution is 6.33. The second-order valence-corrected chi connectivity index (χ2v) is 5.53. The van der Waals surface area contributed by atoms with Gasteiger partial charge in [-0.2, -0.15) is 0 Å². The molecular weight excluding hydrogens is 288 g/mol. The second-order valence-electron chi connectivity index (χ2n) is 5.12. The zero-order valence-electron chi connectivity index (χ0n) is 11.6. The summed E-state index contributed by atoms with van der Waals surface area (Å²) in [6, 6.07) is 9.01. The zero-order valence-corrected chi connectivity index (χ0v) is 12.3. The van der Waals surface area contributed by atoms with Crippen LogP contribution in [0.1, 0.15) is 27.0 Å². The molecule has 0 saturated carbocycles. The van der Waals surface area contributed by atoms with Gasteiger partial charge in [-0.1, -0.05) is 17.7 Å². The van der Waals surface area contributed by atoms with E-state index < -0.39 is 0 Å². The van der Waals surface area contributed by atoms with Crippen molar-refractivity contribution in [1.29, 1.82) is 0 Å². The van der Waals surface area contributed by atoms with E-state index in [1.165, 1.54) is 0 Å². The van der Waals surface area contributed by atoms with Gasteiger partial charge < -0.3 is 15.8 Å². The highest BCUT2D eigenvalue weighted by atomic mass is 35.5. The summed E-state index contributed by atoms with van der Waals surface area (Å²) in [5, 5.41) is 3.29. The minimum atomic E-state index is -0.173. The van der Waals surface area contributed by atoms with Gasteiger partial charge in [0.1, 0.15) is 0 Å². The number of anilines is 2. The molecule has 2 aromatic carbocycles. The van der Waals surface area contributed by atoms with Crippen molar-refractivity contribution in [2.45, 2.75) is 20.1 Å². The average molecular weight is 303 g/mol. The predicted octanol–water partition coefficient (Wildman–Crippen LogP) is 3.51. The van der Waals surface area contributed by atoms with Gasteiger partial charge in [0.15, 0.2) is 0 Å². The van der Waals surface area contributed by atoms with Crippen LogP contribution in [0.25, 0.3) is 0 Å². The maximum absolute atomic E-state index is 12.3. The molecule has 0 saturated heterocycles. The molecule has 1 heterocycles. The van der Waals surface area contributed by atoms with E-state index in [2.05, 4.69) is 5.32 Å². The molecule has 3 N–H and O–H groups in total. The molecule has 2 aromatic rings. The molecule has 3 rings (SSSR count). The number of ether oxygens (including phenoxy) is 1. The van der Waals surface area contributed by atoms with Gasteiger partial charge >= 0.3 is 0 Å². The maximum atomic E-state index is 12.3. The highest BCUT2D eigenvalue weighted by Gasteiger charge is 2.15. The first-order valence-corrected chi connectivity index (χ1v) is 6.99. The summed E-state index contributed by atoms with van der Waals surface area (Å²) in [7, 11) is 0. The van der Waals surface area contributed by atoms with E-state index in [1.807, 2.05) is 19.1 Å². The maximum Gasteiger partial charge on any atom is 0.255 e. The van der Waals surface area contributed by atoms with E-state index in [9.17, 15) is 4.79 Å². The number of rotatable bonds is 2. The number of nitrogens with one attached hydrogen (secondary N) is 1. The first-order valence-electron chi connectivity index (χ1n) is 6.61. The Balaban J connectivity index is 1.85. The van der Waals surface area contributed by atoms with E-state index in [4.69, 9.17) is 22.1 Å². The van der Waals surface area contributed by atoms with Crippen LogP contribution in [0.2, 0.25) is 5.02 Å². The predicted molar refractivity (Wildman–Crippen MR) is 83.5 cm³/mol. The van der Waals surface area contributed by atoms with Gasteiger partial charge in [0.2, 0.25) is 0 Å². The number of aryl methyl sites for hydroxylation is 1. The van der Waals surface area contributed by atoms with Gasteiger partial charge in [0.25, 0.3) is 5.91 Å². The van der Waals surface area contributed by atoms with Crippen LogP contribution < -0.4 is 11.1 Å². The Labute approximate surface area is 127 Å². The lowest BCUT2D eigenvalue weighted by Gasteiger charge is -2.11. The van der Waals surface area contributed by atoms with Crippen LogP contribution >= 0.6 is 11.6 Å². The smallest absolute Gasteiger partial charge is 0.255 e. The van der Waals surface area contributed by atoms with Crippen molar-refractivity contribution in [3.63, 3.8) is 0 Å². The third-order valence-corrected chi connectivity index (χ3v) is 3.90. The quantitative estimate of drug-likeness (QED) is 0.834. The van der Waals surface area contributed by atoms with Crippen LogP contribution in [-0.4, -0.2) is 5.91 Å². The summed E-state index contributed by atoms with van der Waals surface area (Å²) in [4.78, 5) is 12.3. The molecule has 0 radical (unpaired) electrons. The van der Waals surface area contributed by atoms with Gasteiger partial charge in [-0.3, -0.25) is 4.79 Å². The minimum Gasteiger partial charge on any atom is -0.398 e. The fraction of sp³-hybridized carbons (Fsp3) is 0.188. The molecule has 4 nitrogen and oxygen atoms in total. The molecule has 21 heavy (non-hydrogen) atoms. The molecule has 1 aliphatic rings. The van der Waals surface area contributed by atoms with Crippen molar-refractivity contribution in [2.75, 3.05) is 11.1 Å². The lowest BCUT2D eigenvalue weighted by molar-refractivity contribution is 0.102. The van der Waals surface area contributed by atoms with E-state index in [-0.39, 0.29) is 5.91 Å². The van der Waals surface area contributed by atoms with E-state index in [1.54, 1.807) is 18.2 Å². The van der Waals surface area contributed by atoms with Crippen molar-refractivity contribution in [3.8, 4) is 0 Å². The fourth-order valence-corrected chi connectivity index (χ4v) is 2.51. The number of benzene rings is 2. The van der Waals surface area contributed by atoms with Crippen molar-refractivity contribution >= 4 is 28.9 Å². The van der Waals surface area contributed by atoms with Crippen molar-refractivity contribution in [3.05, 3.63) is 57.6 Å². The number of halogens is 1. The highest BCUT2D eigenvalue weighted by Crippen LogP contribution is 2.27. The van der Waals surface area contributed by atoms with Gasteiger partial charge in [-0.25, -0.2) is 0 Å². The van der Waals surface area contributed by atoms with E-state index >= 15 is 0 Å². The standard InChI is InChI=1S/C16H15ClN2O2/c1-9-4-14(18)13(17)6-15(9)19-16(20)10-2-3-11-7-21-8-12(11)5-10/h2-6H,7-8,18H2,1H3,(H,19,20). The SMILES string of the molecule is Cc1cc(N)c(Cl)cc1NC(=O)c1ccc2c(c1)COC2. The normalized spacial score (nSPS) is 13.0. The summed E-state index contributed by atoms with van der Waals surface area (Å²) < 4.78 is 5.35. The summed E-state index contributed by atoms with van der Waals surface area (Å²) in [6.07, 6.45) is 0. The molecule has 5 heteroatoms. The first-order chi connectivity index (χ1) is 10.0. The zero-order chi connectivity index (χ0) is 15.0. The molecule has 0 spiro atoms. The van der Waals surface area contributed by atoms with E-state index in [0.717, 1.165) is 16.7 Å². The van der Waals surface area contributed by atoms with Crippen molar-refractivity contribution in [1.82, 2.24) is 0 Å². The Bertz CT molecular complexity index is 728. The lowest BCUT2D eigenvalue weighted by Crippen LogP contribution is -2.13. The molecule has 108 valence electrons. The molecule has 0 aliphatic carbocycles. The number of nitrogen functional groups attached to an aromatic ring is 1. The second kappa shape index (κ2) is 5.39. The van der Waals surface area contributed by atoms with Crippen molar-refractivity contribution < 1.29 is 9.53 Å². The van der Waals surface area contributed by atoms with Crippen LogP contribution in [0.3, 0.4) is 0 Å². The number of amides is 1. The van der Waals surface area contributed by atoms with Crippen LogP contribution in [0.5, 0.6) is 0 Å². The van der Waals surface area contributed by atoms with Gasteiger partial charge in [-0.05, 0) is 47.9 Å². The molecule has 1 amide bonds. The third kappa shape index (κ3) is 2.73. The average Bonchev–Trinajstić information content (AvgIpc) is 2.92. The number of carbonyl (C=O) groups excluding carboxylic acids is 1. The molecule has 0 unspecified atom stereocenters. The topological polar surface area (TPSA) is 64.3 Å². The number of carbonyl (C=O) groups is 1. The summed E-state index contributed by atoms with van der Waals surface area (Å²) >= 11 is 6.00. The summed E-state index contributed by atoms with van der Waals surface area (Å²) in [5.41, 5.74) is 10.6. The Morgan fingerprint density at radius 1 is 1.24 bits per heavy atom. The molecule has 0 atom stereocenters. The van der Waals surface area contributed by atoms with Gasteiger partial charge in [-0.15, -0.1) is 0 Å². The lowest BCUT2D eigenvalue weighted by atomic mass is 10.1. The fourth-order valence-electron chi connectivity index (χ4n) is 2.35. The number of hydrogen-bond acceptors (Lipinski definition) is 3. The van der Waals surface area contributed by atoms with Crippen LogP contribution in [0.15, 0.2) is 30.3 Å². The van der Waals surface area contributed by atoms with Gasteiger partial charge in [0.05, 0.1) is 23.9 Å². The Morgan fingerprint density at radius 2 is 2.00 bits per heavy atom. The molecule has 0 bridgehead atoms. The monoisotopic (exact) mass is 302 g/mol. The van der Waals surface area contributed by atoms with Crippen LogP contribution in [0.4, 0.5) is 11.4 Å².